The van der Waals surface area contributed by atoms with E-state index in [4.69, 9.17) is 15.2 Å². The second-order valence-corrected chi connectivity index (χ2v) is 4.34. The number of benzene rings is 1. The van der Waals surface area contributed by atoms with Gasteiger partial charge in [-0.1, -0.05) is 0 Å². The van der Waals surface area contributed by atoms with E-state index in [0.717, 1.165) is 5.69 Å². The van der Waals surface area contributed by atoms with Crippen LogP contribution in [0.4, 0.5) is 5.69 Å². The van der Waals surface area contributed by atoms with Crippen molar-refractivity contribution in [1.82, 2.24) is 9.78 Å². The van der Waals surface area contributed by atoms with Crippen molar-refractivity contribution < 1.29 is 9.47 Å². The van der Waals surface area contributed by atoms with Crippen LogP contribution in [0.5, 0.6) is 11.5 Å². The van der Waals surface area contributed by atoms with E-state index in [9.17, 15) is 0 Å². The van der Waals surface area contributed by atoms with E-state index in [2.05, 4.69) is 15.4 Å². The summed E-state index contributed by atoms with van der Waals surface area (Å²) < 4.78 is 12.2. The van der Waals surface area contributed by atoms with Crippen molar-refractivity contribution in [3.63, 3.8) is 0 Å². The van der Waals surface area contributed by atoms with E-state index in [-0.39, 0.29) is 0 Å². The van der Waals surface area contributed by atoms with Crippen LogP contribution in [-0.4, -0.2) is 30.0 Å². The molecule has 1 aromatic heterocycles. The number of methoxy groups -OCH3 is 2. The Kier molecular flexibility index (Phi) is 4.65. The lowest BCUT2D eigenvalue weighted by atomic mass is 10.2. The van der Waals surface area contributed by atoms with Gasteiger partial charge < -0.3 is 20.5 Å². The van der Waals surface area contributed by atoms with E-state index < -0.39 is 0 Å². The monoisotopic (exact) mass is 289 g/mol. The number of aromatic nitrogens is 2. The molecule has 0 atom stereocenters. The fraction of sp³-hybridized carbons (Fsp3) is 0.286. The van der Waals surface area contributed by atoms with Crippen LogP contribution < -0.4 is 20.5 Å². The smallest absolute Gasteiger partial charge is 0.193 e. The minimum absolute atomic E-state index is 0.294. The molecule has 2 aromatic rings. The van der Waals surface area contributed by atoms with Gasteiger partial charge in [-0.05, 0) is 18.2 Å². The highest BCUT2D eigenvalue weighted by atomic mass is 16.5. The first kappa shape index (κ1) is 14.7. The van der Waals surface area contributed by atoms with E-state index in [1.807, 2.05) is 19.2 Å². The molecular weight excluding hydrogens is 270 g/mol. The molecule has 0 aliphatic carbocycles. The zero-order valence-electron chi connectivity index (χ0n) is 12.3. The minimum atomic E-state index is 0.294. The number of guanidine groups is 1. The van der Waals surface area contributed by atoms with Crippen LogP contribution in [0, 0.1) is 0 Å². The number of hydrogen-bond donors (Lipinski definition) is 2. The Morgan fingerprint density at radius 1 is 1.33 bits per heavy atom. The average Bonchev–Trinajstić information content (AvgIpc) is 2.90. The summed E-state index contributed by atoms with van der Waals surface area (Å²) in [4.78, 5) is 4.28. The van der Waals surface area contributed by atoms with Gasteiger partial charge >= 0.3 is 0 Å². The molecule has 0 radical (unpaired) electrons. The van der Waals surface area contributed by atoms with Crippen LogP contribution in [0.3, 0.4) is 0 Å². The highest BCUT2D eigenvalue weighted by Crippen LogP contribution is 2.28. The Morgan fingerprint density at radius 2 is 2.14 bits per heavy atom. The summed E-state index contributed by atoms with van der Waals surface area (Å²) in [5, 5.41) is 7.09. The molecule has 1 aromatic carbocycles. The van der Waals surface area contributed by atoms with E-state index >= 15 is 0 Å². The normalized spacial score (nSPS) is 11.3. The zero-order valence-corrected chi connectivity index (χ0v) is 12.3. The summed E-state index contributed by atoms with van der Waals surface area (Å²) in [6.45, 7) is 0.446. The first-order valence-electron chi connectivity index (χ1n) is 6.40. The van der Waals surface area contributed by atoms with Gasteiger partial charge in [-0.15, -0.1) is 0 Å². The van der Waals surface area contributed by atoms with Crippen LogP contribution in [0.2, 0.25) is 0 Å². The van der Waals surface area contributed by atoms with Gasteiger partial charge in [-0.25, -0.2) is 4.99 Å². The van der Waals surface area contributed by atoms with Crippen molar-refractivity contribution >= 4 is 11.6 Å². The molecule has 21 heavy (non-hydrogen) atoms. The molecule has 0 unspecified atom stereocenters. The molecule has 3 N–H and O–H groups in total. The molecule has 0 aliphatic rings. The number of anilines is 1. The van der Waals surface area contributed by atoms with Crippen LogP contribution in [0.25, 0.3) is 0 Å². The topological polar surface area (TPSA) is 86.7 Å². The summed E-state index contributed by atoms with van der Waals surface area (Å²) in [5.74, 6) is 1.66. The van der Waals surface area contributed by atoms with E-state index in [1.54, 1.807) is 37.2 Å². The maximum Gasteiger partial charge on any atom is 0.193 e. The Balaban J connectivity index is 2.11. The molecular formula is C14H19N5O2. The van der Waals surface area contributed by atoms with Crippen molar-refractivity contribution in [2.24, 2.45) is 17.8 Å². The van der Waals surface area contributed by atoms with Crippen molar-refractivity contribution in [2.75, 3.05) is 19.5 Å². The van der Waals surface area contributed by atoms with Gasteiger partial charge in [0.25, 0.3) is 0 Å². The third kappa shape index (κ3) is 3.65. The highest BCUT2D eigenvalue weighted by molar-refractivity contribution is 5.93. The third-order valence-electron chi connectivity index (χ3n) is 3.00. The highest BCUT2D eigenvalue weighted by Gasteiger charge is 2.06. The molecule has 112 valence electrons. The first-order chi connectivity index (χ1) is 10.1. The predicted octanol–water partition coefficient (Wildman–Crippen LogP) is 1.36. The lowest BCUT2D eigenvalue weighted by Gasteiger charge is -2.12. The van der Waals surface area contributed by atoms with E-state index in [0.29, 0.717) is 29.7 Å². The predicted molar refractivity (Wildman–Crippen MR) is 81.7 cm³/mol. The molecule has 0 saturated heterocycles. The number of rotatable bonds is 5. The van der Waals surface area contributed by atoms with Gasteiger partial charge in [0, 0.05) is 19.3 Å². The number of nitrogens with one attached hydrogen (secondary N) is 1. The second kappa shape index (κ2) is 6.65. The lowest BCUT2D eigenvalue weighted by Crippen LogP contribution is -2.23. The van der Waals surface area contributed by atoms with Crippen molar-refractivity contribution in [3.8, 4) is 11.5 Å². The maximum atomic E-state index is 5.90. The Bertz CT molecular complexity index is 636. The average molecular weight is 289 g/mol. The summed E-state index contributed by atoms with van der Waals surface area (Å²) in [6.07, 6.45) is 1.72. The summed E-state index contributed by atoms with van der Waals surface area (Å²) in [5.41, 5.74) is 7.57. The number of aryl methyl sites for hydroxylation is 1. The van der Waals surface area contributed by atoms with Crippen molar-refractivity contribution in [1.29, 1.82) is 0 Å². The molecule has 7 nitrogen and oxygen atoms in total. The molecule has 0 spiro atoms. The molecule has 0 aliphatic heterocycles. The molecule has 0 saturated carbocycles. The summed E-state index contributed by atoms with van der Waals surface area (Å²) in [7, 11) is 5.06. The van der Waals surface area contributed by atoms with Gasteiger partial charge in [0.1, 0.15) is 11.5 Å². The molecule has 7 heteroatoms. The molecule has 1 heterocycles. The number of hydrogen-bond acceptors (Lipinski definition) is 4. The molecule has 0 amide bonds. The zero-order chi connectivity index (χ0) is 15.2. The van der Waals surface area contributed by atoms with E-state index in [1.165, 1.54) is 0 Å². The summed E-state index contributed by atoms with van der Waals surface area (Å²) >= 11 is 0. The van der Waals surface area contributed by atoms with Crippen LogP contribution in [0.1, 0.15) is 5.69 Å². The fourth-order valence-electron chi connectivity index (χ4n) is 1.81. The van der Waals surface area contributed by atoms with Crippen LogP contribution in [0.15, 0.2) is 35.5 Å². The fourth-order valence-corrected chi connectivity index (χ4v) is 1.81. The first-order valence-corrected chi connectivity index (χ1v) is 6.40. The SMILES string of the molecule is COc1ccc(OC)c(NC(N)=NCc2ccnn2C)c1. The third-order valence-corrected chi connectivity index (χ3v) is 3.00. The largest absolute Gasteiger partial charge is 0.497 e. The second-order valence-electron chi connectivity index (χ2n) is 4.34. The van der Waals surface area contributed by atoms with Gasteiger partial charge in [0.2, 0.25) is 0 Å². The number of ether oxygens (including phenoxy) is 2. The molecule has 2 rings (SSSR count). The van der Waals surface area contributed by atoms with Crippen molar-refractivity contribution in [3.05, 3.63) is 36.2 Å². The van der Waals surface area contributed by atoms with Gasteiger partial charge in [0.05, 0.1) is 32.1 Å². The van der Waals surface area contributed by atoms with Crippen molar-refractivity contribution in [2.45, 2.75) is 6.54 Å². The maximum absolute atomic E-state index is 5.90. The molecule has 0 bridgehead atoms. The lowest BCUT2D eigenvalue weighted by molar-refractivity contribution is 0.405. The summed E-state index contributed by atoms with van der Waals surface area (Å²) in [6, 6.07) is 7.30. The molecule has 0 fully saturated rings. The van der Waals surface area contributed by atoms with Gasteiger partial charge in [-0.3, -0.25) is 4.68 Å². The number of nitrogens with two attached hydrogens (primary N) is 1. The Labute approximate surface area is 123 Å². The Hall–Kier alpha value is -2.70. The standard InChI is InChI=1S/C14H19N5O2/c1-19-10(6-7-17-19)9-16-14(15)18-12-8-11(20-2)4-5-13(12)21-3/h4-8H,9H2,1-3H3,(H3,15,16,18). The number of aliphatic imine (C=N–C) groups is 1. The van der Waals surface area contributed by atoms with Crippen LogP contribution >= 0.6 is 0 Å². The number of nitrogens with zero attached hydrogens (tertiary/aromatic N) is 3. The Morgan fingerprint density at radius 3 is 2.76 bits per heavy atom. The van der Waals surface area contributed by atoms with Crippen LogP contribution in [-0.2, 0) is 13.6 Å². The van der Waals surface area contributed by atoms with Gasteiger partial charge in [-0.2, -0.15) is 5.10 Å². The van der Waals surface area contributed by atoms with Gasteiger partial charge in [0.15, 0.2) is 5.96 Å². The quantitative estimate of drug-likeness (QED) is 0.641. The minimum Gasteiger partial charge on any atom is -0.497 e.